The van der Waals surface area contributed by atoms with E-state index in [0.717, 1.165) is 25.0 Å². The van der Waals surface area contributed by atoms with E-state index in [1.807, 2.05) is 10.9 Å². The molecule has 0 spiro atoms. The third-order valence-corrected chi connectivity index (χ3v) is 3.66. The summed E-state index contributed by atoms with van der Waals surface area (Å²) < 4.78 is 45.4. The number of benzene rings is 1. The molecule has 0 radical (unpaired) electrons. The molecule has 1 fully saturated rings. The van der Waals surface area contributed by atoms with E-state index < -0.39 is 11.7 Å². The van der Waals surface area contributed by atoms with Crippen LogP contribution in [0.4, 0.5) is 13.2 Å². The van der Waals surface area contributed by atoms with Crippen LogP contribution in [0.1, 0.15) is 24.4 Å². The molecule has 3 rings (SSSR count). The van der Waals surface area contributed by atoms with Crippen molar-refractivity contribution in [2.24, 2.45) is 0 Å². The molecule has 2 heterocycles. The Labute approximate surface area is 120 Å². The Kier molecular flexibility index (Phi) is 3.71. The van der Waals surface area contributed by atoms with Gasteiger partial charge in [-0.15, -0.1) is 0 Å². The van der Waals surface area contributed by atoms with Gasteiger partial charge in [0.15, 0.2) is 0 Å². The first-order valence-corrected chi connectivity index (χ1v) is 6.84. The molecule has 0 saturated carbocycles. The Bertz CT molecular complexity index is 615. The van der Waals surface area contributed by atoms with Crippen LogP contribution in [0.15, 0.2) is 36.5 Å². The number of rotatable bonds is 2. The zero-order valence-corrected chi connectivity index (χ0v) is 11.3. The maximum Gasteiger partial charge on any atom is 0.416 e. The van der Waals surface area contributed by atoms with Gasteiger partial charge in [-0.3, -0.25) is 4.68 Å². The van der Waals surface area contributed by atoms with Crippen molar-refractivity contribution in [2.45, 2.75) is 25.1 Å². The summed E-state index contributed by atoms with van der Waals surface area (Å²) in [5, 5.41) is 4.42. The SMILES string of the molecule is FC(F)(F)c1cccc(-c2ccn(C3CCOCC3)n2)c1. The number of hydrogen-bond acceptors (Lipinski definition) is 2. The molecule has 0 amide bonds. The lowest BCUT2D eigenvalue weighted by molar-refractivity contribution is -0.137. The van der Waals surface area contributed by atoms with Crippen LogP contribution in [-0.2, 0) is 10.9 Å². The minimum atomic E-state index is -4.33. The fourth-order valence-electron chi connectivity index (χ4n) is 2.50. The minimum Gasteiger partial charge on any atom is -0.381 e. The Morgan fingerprint density at radius 1 is 1.14 bits per heavy atom. The van der Waals surface area contributed by atoms with Crippen molar-refractivity contribution in [3.8, 4) is 11.3 Å². The molecule has 1 aliphatic rings. The van der Waals surface area contributed by atoms with E-state index in [1.165, 1.54) is 6.07 Å². The smallest absolute Gasteiger partial charge is 0.381 e. The first-order valence-electron chi connectivity index (χ1n) is 6.84. The maximum absolute atomic E-state index is 12.7. The van der Waals surface area contributed by atoms with Gasteiger partial charge in [0.05, 0.1) is 17.3 Å². The summed E-state index contributed by atoms with van der Waals surface area (Å²) in [6.07, 6.45) is -0.752. The van der Waals surface area contributed by atoms with Crippen molar-refractivity contribution in [2.75, 3.05) is 13.2 Å². The highest BCUT2D eigenvalue weighted by Gasteiger charge is 2.30. The Morgan fingerprint density at radius 2 is 1.90 bits per heavy atom. The average Bonchev–Trinajstić information content (AvgIpc) is 2.97. The van der Waals surface area contributed by atoms with Gasteiger partial charge in [0.2, 0.25) is 0 Å². The van der Waals surface area contributed by atoms with E-state index in [1.54, 1.807) is 12.1 Å². The van der Waals surface area contributed by atoms with Crippen LogP contribution in [-0.4, -0.2) is 23.0 Å². The van der Waals surface area contributed by atoms with Crippen LogP contribution in [0.25, 0.3) is 11.3 Å². The summed E-state index contributed by atoms with van der Waals surface area (Å²) in [4.78, 5) is 0. The van der Waals surface area contributed by atoms with Crippen molar-refractivity contribution >= 4 is 0 Å². The molecule has 21 heavy (non-hydrogen) atoms. The molecule has 112 valence electrons. The van der Waals surface area contributed by atoms with Crippen LogP contribution in [0.3, 0.4) is 0 Å². The maximum atomic E-state index is 12.7. The second kappa shape index (κ2) is 5.52. The number of hydrogen-bond donors (Lipinski definition) is 0. The van der Waals surface area contributed by atoms with Gasteiger partial charge in [0, 0.05) is 25.0 Å². The van der Waals surface area contributed by atoms with Crippen LogP contribution < -0.4 is 0 Å². The molecule has 1 saturated heterocycles. The zero-order valence-electron chi connectivity index (χ0n) is 11.3. The standard InChI is InChI=1S/C15H15F3N2O/c16-15(17,18)12-3-1-2-11(10-12)14-4-7-20(19-14)13-5-8-21-9-6-13/h1-4,7,10,13H,5-6,8-9H2. The van der Waals surface area contributed by atoms with Gasteiger partial charge >= 0.3 is 6.18 Å². The number of ether oxygens (including phenoxy) is 1. The highest BCUT2D eigenvalue weighted by atomic mass is 19.4. The molecular formula is C15H15F3N2O. The third kappa shape index (κ3) is 3.10. The molecule has 0 aliphatic carbocycles. The van der Waals surface area contributed by atoms with E-state index in [9.17, 15) is 13.2 Å². The van der Waals surface area contributed by atoms with E-state index in [-0.39, 0.29) is 6.04 Å². The topological polar surface area (TPSA) is 27.1 Å². The molecule has 0 atom stereocenters. The molecule has 0 bridgehead atoms. The highest BCUT2D eigenvalue weighted by molar-refractivity contribution is 5.59. The van der Waals surface area contributed by atoms with Crippen LogP contribution in [0.5, 0.6) is 0 Å². The molecule has 1 aromatic heterocycles. The quantitative estimate of drug-likeness (QED) is 0.840. The van der Waals surface area contributed by atoms with Gasteiger partial charge < -0.3 is 4.74 Å². The molecule has 1 aromatic carbocycles. The lowest BCUT2D eigenvalue weighted by Crippen LogP contribution is -2.19. The average molecular weight is 296 g/mol. The van der Waals surface area contributed by atoms with E-state index >= 15 is 0 Å². The van der Waals surface area contributed by atoms with Gasteiger partial charge in [-0.2, -0.15) is 18.3 Å². The van der Waals surface area contributed by atoms with Crippen molar-refractivity contribution in [1.82, 2.24) is 9.78 Å². The van der Waals surface area contributed by atoms with Crippen molar-refractivity contribution in [1.29, 1.82) is 0 Å². The second-order valence-corrected chi connectivity index (χ2v) is 5.10. The zero-order chi connectivity index (χ0) is 14.9. The fourth-order valence-corrected chi connectivity index (χ4v) is 2.50. The lowest BCUT2D eigenvalue weighted by atomic mass is 10.1. The Balaban J connectivity index is 1.86. The molecule has 0 N–H and O–H groups in total. The summed E-state index contributed by atoms with van der Waals surface area (Å²) in [6.45, 7) is 1.40. The summed E-state index contributed by atoms with van der Waals surface area (Å²) >= 11 is 0. The Morgan fingerprint density at radius 3 is 2.62 bits per heavy atom. The summed E-state index contributed by atoms with van der Waals surface area (Å²) in [6, 6.07) is 7.27. The molecule has 3 nitrogen and oxygen atoms in total. The second-order valence-electron chi connectivity index (χ2n) is 5.10. The number of alkyl halides is 3. The van der Waals surface area contributed by atoms with Crippen molar-refractivity contribution < 1.29 is 17.9 Å². The molecular weight excluding hydrogens is 281 g/mol. The molecule has 1 aliphatic heterocycles. The van der Waals surface area contributed by atoms with Crippen molar-refractivity contribution in [3.05, 3.63) is 42.1 Å². The monoisotopic (exact) mass is 296 g/mol. The normalized spacial score (nSPS) is 17.1. The molecule has 0 unspecified atom stereocenters. The van der Waals surface area contributed by atoms with Gasteiger partial charge in [-0.25, -0.2) is 0 Å². The molecule has 2 aromatic rings. The summed E-state index contributed by atoms with van der Waals surface area (Å²) in [5.41, 5.74) is 0.392. The summed E-state index contributed by atoms with van der Waals surface area (Å²) in [5.74, 6) is 0. The number of halogens is 3. The van der Waals surface area contributed by atoms with E-state index in [0.29, 0.717) is 24.5 Å². The number of nitrogens with zero attached hydrogens (tertiary/aromatic N) is 2. The predicted octanol–water partition coefficient (Wildman–Crippen LogP) is 3.92. The Hall–Kier alpha value is -1.82. The van der Waals surface area contributed by atoms with Crippen molar-refractivity contribution in [3.63, 3.8) is 0 Å². The first-order chi connectivity index (χ1) is 10.0. The largest absolute Gasteiger partial charge is 0.416 e. The minimum absolute atomic E-state index is 0.262. The van der Waals surface area contributed by atoms with Gasteiger partial charge in [0.1, 0.15) is 0 Å². The molecule has 6 heteroatoms. The third-order valence-electron chi connectivity index (χ3n) is 3.66. The van der Waals surface area contributed by atoms with E-state index in [2.05, 4.69) is 5.10 Å². The predicted molar refractivity (Wildman–Crippen MR) is 71.8 cm³/mol. The van der Waals surface area contributed by atoms with Gasteiger partial charge in [0.25, 0.3) is 0 Å². The van der Waals surface area contributed by atoms with Gasteiger partial charge in [-0.1, -0.05) is 12.1 Å². The number of aromatic nitrogens is 2. The highest BCUT2D eigenvalue weighted by Crippen LogP contribution is 2.32. The van der Waals surface area contributed by atoms with Crippen LogP contribution >= 0.6 is 0 Å². The van der Waals surface area contributed by atoms with Gasteiger partial charge in [-0.05, 0) is 31.0 Å². The summed E-state index contributed by atoms with van der Waals surface area (Å²) in [7, 11) is 0. The lowest BCUT2D eigenvalue weighted by Gasteiger charge is -2.22. The fraction of sp³-hybridized carbons (Fsp3) is 0.400. The first kappa shape index (κ1) is 14.1. The van der Waals surface area contributed by atoms with E-state index in [4.69, 9.17) is 4.74 Å². The van der Waals surface area contributed by atoms with Crippen LogP contribution in [0, 0.1) is 0 Å². The van der Waals surface area contributed by atoms with Crippen LogP contribution in [0.2, 0.25) is 0 Å².